The van der Waals surface area contributed by atoms with Crippen molar-refractivity contribution in [3.8, 4) is 5.75 Å². The first kappa shape index (κ1) is 18.3. The summed E-state index contributed by atoms with van der Waals surface area (Å²) in [6.07, 6.45) is 2.36. The van der Waals surface area contributed by atoms with Crippen LogP contribution in [0.1, 0.15) is 39.5 Å². The average molecular weight is 332 g/mol. The van der Waals surface area contributed by atoms with Gasteiger partial charge in [0.05, 0.1) is 6.61 Å². The van der Waals surface area contributed by atoms with Crippen LogP contribution in [-0.2, 0) is 9.59 Å². The minimum Gasteiger partial charge on any atom is -0.493 e. The molecule has 0 atom stereocenters. The minimum absolute atomic E-state index is 0.196. The molecule has 1 aliphatic rings. The van der Waals surface area contributed by atoms with Gasteiger partial charge in [-0.25, -0.2) is 0 Å². The lowest BCUT2D eigenvalue weighted by atomic mass is 9.76. The van der Waals surface area contributed by atoms with Crippen LogP contribution in [0.3, 0.4) is 0 Å². The van der Waals surface area contributed by atoms with Crippen LogP contribution in [0.4, 0.5) is 0 Å². The maximum atomic E-state index is 12.2. The van der Waals surface area contributed by atoms with Crippen molar-refractivity contribution in [1.82, 2.24) is 4.90 Å². The van der Waals surface area contributed by atoms with Gasteiger partial charge in [-0.3, -0.25) is 9.59 Å². The molecule has 1 aliphatic heterocycles. The lowest BCUT2D eigenvalue weighted by Crippen LogP contribution is -2.47. The molecule has 0 saturated carbocycles. The number of hydrogen-bond donors (Lipinski definition) is 1. The Morgan fingerprint density at radius 1 is 1.21 bits per heavy atom. The SMILES string of the molecule is CC(C)CC(=O)N1CCC(COc2ccccc2)(CC(N)=O)CC1. The molecule has 5 heteroatoms. The molecule has 0 unspecified atom stereocenters. The van der Waals surface area contributed by atoms with Crippen molar-refractivity contribution in [2.45, 2.75) is 39.5 Å². The highest BCUT2D eigenvalue weighted by atomic mass is 16.5. The number of para-hydroxylation sites is 1. The molecule has 2 rings (SSSR count). The van der Waals surface area contributed by atoms with Crippen molar-refractivity contribution in [1.29, 1.82) is 0 Å². The van der Waals surface area contributed by atoms with Crippen LogP contribution < -0.4 is 10.5 Å². The molecule has 2 N–H and O–H groups in total. The average Bonchev–Trinajstić information content (AvgIpc) is 2.53. The number of benzene rings is 1. The second-order valence-electron chi connectivity index (χ2n) is 7.22. The van der Waals surface area contributed by atoms with Crippen molar-refractivity contribution in [3.63, 3.8) is 0 Å². The van der Waals surface area contributed by atoms with E-state index < -0.39 is 0 Å². The maximum Gasteiger partial charge on any atom is 0.222 e. The molecular formula is C19H28N2O3. The molecule has 0 aliphatic carbocycles. The zero-order valence-corrected chi connectivity index (χ0v) is 14.7. The van der Waals surface area contributed by atoms with E-state index in [1.54, 1.807) is 0 Å². The second-order valence-corrected chi connectivity index (χ2v) is 7.22. The van der Waals surface area contributed by atoms with E-state index in [9.17, 15) is 9.59 Å². The molecule has 1 heterocycles. The van der Waals surface area contributed by atoms with E-state index >= 15 is 0 Å². The summed E-state index contributed by atoms with van der Waals surface area (Å²) in [7, 11) is 0. The first-order chi connectivity index (χ1) is 11.4. The summed E-state index contributed by atoms with van der Waals surface area (Å²) in [6.45, 7) is 5.87. The quantitative estimate of drug-likeness (QED) is 0.834. The van der Waals surface area contributed by atoms with E-state index in [1.165, 1.54) is 0 Å². The highest BCUT2D eigenvalue weighted by molar-refractivity contribution is 5.77. The van der Waals surface area contributed by atoms with Gasteiger partial charge in [-0.15, -0.1) is 0 Å². The topological polar surface area (TPSA) is 72.6 Å². The summed E-state index contributed by atoms with van der Waals surface area (Å²) in [5.41, 5.74) is 5.18. The number of primary amides is 1. The van der Waals surface area contributed by atoms with Crippen molar-refractivity contribution in [3.05, 3.63) is 30.3 Å². The van der Waals surface area contributed by atoms with Gasteiger partial charge in [-0.05, 0) is 30.9 Å². The van der Waals surface area contributed by atoms with Gasteiger partial charge in [-0.2, -0.15) is 0 Å². The fraction of sp³-hybridized carbons (Fsp3) is 0.579. The van der Waals surface area contributed by atoms with E-state index in [0.717, 1.165) is 18.6 Å². The molecule has 132 valence electrons. The molecule has 1 fully saturated rings. The van der Waals surface area contributed by atoms with Crippen LogP contribution in [0.2, 0.25) is 0 Å². The molecule has 0 radical (unpaired) electrons. The maximum absolute atomic E-state index is 12.2. The normalized spacial score (nSPS) is 16.9. The van der Waals surface area contributed by atoms with E-state index in [-0.39, 0.29) is 17.2 Å². The monoisotopic (exact) mass is 332 g/mol. The third-order valence-corrected chi connectivity index (χ3v) is 4.60. The largest absolute Gasteiger partial charge is 0.493 e. The Hall–Kier alpha value is -2.04. The summed E-state index contributed by atoms with van der Waals surface area (Å²) in [5.74, 6) is 1.03. The minimum atomic E-state index is -0.311. The van der Waals surface area contributed by atoms with Gasteiger partial charge < -0.3 is 15.4 Å². The molecule has 5 nitrogen and oxygen atoms in total. The fourth-order valence-electron chi connectivity index (χ4n) is 3.20. The Morgan fingerprint density at radius 2 is 1.83 bits per heavy atom. The zero-order chi connectivity index (χ0) is 17.6. The lowest BCUT2D eigenvalue weighted by molar-refractivity contribution is -0.135. The molecule has 1 aromatic rings. The van der Waals surface area contributed by atoms with Crippen LogP contribution in [0.15, 0.2) is 30.3 Å². The lowest BCUT2D eigenvalue weighted by Gasteiger charge is -2.41. The van der Waals surface area contributed by atoms with Gasteiger partial charge in [0.1, 0.15) is 5.75 Å². The van der Waals surface area contributed by atoms with Gasteiger partial charge in [0.15, 0.2) is 0 Å². The zero-order valence-electron chi connectivity index (χ0n) is 14.7. The number of piperidine rings is 1. The van der Waals surface area contributed by atoms with E-state index in [2.05, 4.69) is 0 Å². The van der Waals surface area contributed by atoms with Crippen molar-refractivity contribution in [2.24, 2.45) is 17.1 Å². The fourth-order valence-corrected chi connectivity index (χ4v) is 3.20. The van der Waals surface area contributed by atoms with Crippen LogP contribution in [0.5, 0.6) is 5.75 Å². The molecular weight excluding hydrogens is 304 g/mol. The predicted octanol–water partition coefficient (Wildman–Crippen LogP) is 2.60. The third kappa shape index (κ3) is 5.25. The van der Waals surface area contributed by atoms with E-state index in [0.29, 0.717) is 38.5 Å². The first-order valence-corrected chi connectivity index (χ1v) is 8.64. The molecule has 2 amide bonds. The summed E-state index contributed by atoms with van der Waals surface area (Å²) in [5, 5.41) is 0. The Bertz CT molecular complexity index is 549. The Labute approximate surface area is 144 Å². The number of hydrogen-bond acceptors (Lipinski definition) is 3. The van der Waals surface area contributed by atoms with Gasteiger partial charge >= 0.3 is 0 Å². The van der Waals surface area contributed by atoms with E-state index in [4.69, 9.17) is 10.5 Å². The third-order valence-electron chi connectivity index (χ3n) is 4.60. The number of nitrogens with two attached hydrogens (primary N) is 1. The summed E-state index contributed by atoms with van der Waals surface area (Å²) in [6, 6.07) is 9.58. The van der Waals surface area contributed by atoms with Gasteiger partial charge in [0.2, 0.25) is 11.8 Å². The number of nitrogens with zero attached hydrogens (tertiary/aromatic N) is 1. The number of carbonyl (C=O) groups excluding carboxylic acids is 2. The van der Waals surface area contributed by atoms with E-state index in [1.807, 2.05) is 49.1 Å². The summed E-state index contributed by atoms with van der Waals surface area (Å²) < 4.78 is 5.90. The van der Waals surface area contributed by atoms with Crippen molar-refractivity contribution >= 4 is 11.8 Å². The molecule has 0 aromatic heterocycles. The van der Waals surface area contributed by atoms with Gasteiger partial charge in [0.25, 0.3) is 0 Å². The second kappa shape index (κ2) is 8.18. The number of carbonyl (C=O) groups is 2. The molecule has 1 aromatic carbocycles. The first-order valence-electron chi connectivity index (χ1n) is 8.64. The van der Waals surface area contributed by atoms with Gasteiger partial charge in [0, 0.05) is 31.3 Å². The molecule has 1 saturated heterocycles. The predicted molar refractivity (Wildman–Crippen MR) is 93.5 cm³/mol. The van der Waals surface area contributed by atoms with Crippen molar-refractivity contribution < 1.29 is 14.3 Å². The number of amides is 2. The standard InChI is InChI=1S/C19H28N2O3/c1-15(2)12-18(23)21-10-8-19(9-11-21,13-17(20)22)14-24-16-6-4-3-5-7-16/h3-7,15H,8-14H2,1-2H3,(H2,20,22). The number of likely N-dealkylation sites (tertiary alicyclic amines) is 1. The summed E-state index contributed by atoms with van der Waals surface area (Å²) in [4.78, 5) is 25.7. The van der Waals surface area contributed by atoms with Gasteiger partial charge in [-0.1, -0.05) is 32.0 Å². The smallest absolute Gasteiger partial charge is 0.222 e. The number of ether oxygens (including phenoxy) is 1. The highest BCUT2D eigenvalue weighted by Gasteiger charge is 2.38. The molecule has 0 bridgehead atoms. The molecule has 0 spiro atoms. The van der Waals surface area contributed by atoms with Crippen LogP contribution in [-0.4, -0.2) is 36.4 Å². The van der Waals surface area contributed by atoms with Crippen LogP contribution in [0.25, 0.3) is 0 Å². The highest BCUT2D eigenvalue weighted by Crippen LogP contribution is 2.36. The molecule has 24 heavy (non-hydrogen) atoms. The Morgan fingerprint density at radius 3 is 2.38 bits per heavy atom. The Balaban J connectivity index is 1.97. The van der Waals surface area contributed by atoms with Crippen LogP contribution in [0, 0.1) is 11.3 Å². The number of rotatable bonds is 7. The van der Waals surface area contributed by atoms with Crippen LogP contribution >= 0.6 is 0 Å². The van der Waals surface area contributed by atoms with Crippen molar-refractivity contribution in [2.75, 3.05) is 19.7 Å². The summed E-state index contributed by atoms with van der Waals surface area (Å²) >= 11 is 0. The Kier molecular flexibility index (Phi) is 6.23.